The number of carbonyl (C=O) groups excluding carboxylic acids is 1. The van der Waals surface area contributed by atoms with E-state index in [1.54, 1.807) is 0 Å². The fourth-order valence-electron chi connectivity index (χ4n) is 4.34. The third kappa shape index (κ3) is 2.97. The Morgan fingerprint density at radius 1 is 1.12 bits per heavy atom. The van der Waals surface area contributed by atoms with E-state index in [1.165, 1.54) is 31.2 Å². The Labute approximate surface area is 141 Å². The second-order valence-corrected chi connectivity index (χ2v) is 7.26. The largest absolute Gasteiger partial charge is 0.326 e. The number of hydrogen-bond donors (Lipinski definition) is 2. The molecular weight excluding hydrogens is 300 g/mol. The third-order valence-corrected chi connectivity index (χ3v) is 5.62. The lowest BCUT2D eigenvalue weighted by Gasteiger charge is -2.11. The average molecular weight is 324 g/mol. The highest BCUT2D eigenvalue weighted by molar-refractivity contribution is 5.94. The lowest BCUT2D eigenvalue weighted by molar-refractivity contribution is -0.116. The first-order valence-corrected chi connectivity index (χ1v) is 9.18. The molecule has 0 unspecified atom stereocenters. The van der Waals surface area contributed by atoms with Crippen LogP contribution in [-0.2, 0) is 17.6 Å². The first-order valence-electron chi connectivity index (χ1n) is 9.18. The molecule has 0 saturated heterocycles. The first kappa shape index (κ1) is 15.4. The fourth-order valence-corrected chi connectivity index (χ4v) is 4.34. The Hall–Kier alpha value is -2.10. The van der Waals surface area contributed by atoms with Gasteiger partial charge < -0.3 is 10.3 Å². The quantitative estimate of drug-likeness (QED) is 0.895. The summed E-state index contributed by atoms with van der Waals surface area (Å²) in [4.78, 5) is 27.3. The van der Waals surface area contributed by atoms with E-state index >= 15 is 0 Å². The number of aromatic amines is 1. The third-order valence-electron chi connectivity index (χ3n) is 5.62. The molecule has 4 nitrogen and oxygen atoms in total. The molecule has 24 heavy (non-hydrogen) atoms. The highest BCUT2D eigenvalue weighted by atomic mass is 16.1. The lowest BCUT2D eigenvalue weighted by atomic mass is 10.0. The number of anilines is 1. The molecule has 2 N–H and O–H groups in total. The van der Waals surface area contributed by atoms with E-state index in [-0.39, 0.29) is 11.5 Å². The molecule has 2 aromatic rings. The van der Waals surface area contributed by atoms with Crippen molar-refractivity contribution in [3.8, 4) is 0 Å². The SMILES string of the molecule is O=C(CCC1CCCC1)Nc1ccc2c3c(c(=O)[nH]c2c1)CCC3. The zero-order valence-electron chi connectivity index (χ0n) is 14.0. The maximum absolute atomic E-state index is 12.2. The van der Waals surface area contributed by atoms with Crippen LogP contribution in [0.25, 0.3) is 10.9 Å². The minimum atomic E-state index is 0.0275. The van der Waals surface area contributed by atoms with E-state index in [4.69, 9.17) is 0 Å². The van der Waals surface area contributed by atoms with Crippen molar-refractivity contribution in [3.05, 3.63) is 39.7 Å². The van der Waals surface area contributed by atoms with Gasteiger partial charge in [-0.15, -0.1) is 0 Å². The summed E-state index contributed by atoms with van der Waals surface area (Å²) < 4.78 is 0. The minimum Gasteiger partial charge on any atom is -0.326 e. The molecule has 0 atom stereocenters. The molecule has 1 aromatic carbocycles. The maximum atomic E-state index is 12.2. The maximum Gasteiger partial charge on any atom is 0.251 e. The molecule has 1 amide bonds. The van der Waals surface area contributed by atoms with Crippen LogP contribution in [-0.4, -0.2) is 10.9 Å². The van der Waals surface area contributed by atoms with Gasteiger partial charge in [0, 0.05) is 23.1 Å². The number of fused-ring (bicyclic) bond motifs is 3. The minimum absolute atomic E-state index is 0.0275. The molecule has 126 valence electrons. The van der Waals surface area contributed by atoms with Crippen molar-refractivity contribution >= 4 is 22.5 Å². The first-order chi connectivity index (χ1) is 11.7. The van der Waals surface area contributed by atoms with Crippen LogP contribution in [0.5, 0.6) is 0 Å². The van der Waals surface area contributed by atoms with Crippen LogP contribution in [0, 0.1) is 5.92 Å². The van der Waals surface area contributed by atoms with E-state index in [9.17, 15) is 9.59 Å². The standard InChI is InChI=1S/C20H24N2O2/c23-19(11-8-13-4-1-2-5-13)21-14-9-10-16-15-6-3-7-17(15)20(24)22-18(16)12-14/h9-10,12-13H,1-8,11H2,(H,21,23)(H,22,24). The number of H-pyrrole nitrogens is 1. The fraction of sp³-hybridized carbons (Fsp3) is 0.500. The summed E-state index contributed by atoms with van der Waals surface area (Å²) >= 11 is 0. The highest BCUT2D eigenvalue weighted by Crippen LogP contribution is 2.29. The van der Waals surface area contributed by atoms with Gasteiger partial charge in [0.1, 0.15) is 0 Å². The number of aryl methyl sites for hydroxylation is 1. The van der Waals surface area contributed by atoms with Gasteiger partial charge in [0.05, 0.1) is 5.52 Å². The van der Waals surface area contributed by atoms with Gasteiger partial charge in [-0.3, -0.25) is 9.59 Å². The van der Waals surface area contributed by atoms with Crippen LogP contribution in [0.3, 0.4) is 0 Å². The van der Waals surface area contributed by atoms with Crippen molar-refractivity contribution in [2.45, 2.75) is 57.8 Å². The average Bonchev–Trinajstić information content (AvgIpc) is 3.25. The van der Waals surface area contributed by atoms with Crippen molar-refractivity contribution in [2.24, 2.45) is 5.92 Å². The summed E-state index contributed by atoms with van der Waals surface area (Å²) in [7, 11) is 0. The summed E-state index contributed by atoms with van der Waals surface area (Å²) in [5.41, 5.74) is 3.75. The summed E-state index contributed by atoms with van der Waals surface area (Å²) in [5.74, 6) is 0.802. The predicted molar refractivity (Wildman–Crippen MR) is 96.4 cm³/mol. The van der Waals surface area contributed by atoms with E-state index in [0.717, 1.165) is 53.8 Å². The van der Waals surface area contributed by atoms with Crippen LogP contribution in [0.2, 0.25) is 0 Å². The van der Waals surface area contributed by atoms with Gasteiger partial charge in [-0.2, -0.15) is 0 Å². The van der Waals surface area contributed by atoms with E-state index in [2.05, 4.69) is 10.3 Å². The second-order valence-electron chi connectivity index (χ2n) is 7.26. The molecule has 1 aromatic heterocycles. The number of benzene rings is 1. The molecule has 4 heteroatoms. The number of nitrogens with one attached hydrogen (secondary N) is 2. The van der Waals surface area contributed by atoms with E-state index < -0.39 is 0 Å². The van der Waals surface area contributed by atoms with Gasteiger partial charge >= 0.3 is 0 Å². The molecular formula is C20H24N2O2. The summed E-state index contributed by atoms with van der Waals surface area (Å²) in [6, 6.07) is 5.87. The van der Waals surface area contributed by atoms with E-state index in [0.29, 0.717) is 6.42 Å². The molecule has 0 bridgehead atoms. The van der Waals surface area contributed by atoms with E-state index in [1.807, 2.05) is 18.2 Å². The molecule has 1 saturated carbocycles. The van der Waals surface area contributed by atoms with Crippen LogP contribution >= 0.6 is 0 Å². The van der Waals surface area contributed by atoms with Crippen LogP contribution in [0.15, 0.2) is 23.0 Å². The highest BCUT2D eigenvalue weighted by Gasteiger charge is 2.19. The van der Waals surface area contributed by atoms with Gasteiger partial charge in [-0.05, 0) is 49.3 Å². The number of carbonyl (C=O) groups is 1. The zero-order chi connectivity index (χ0) is 16.5. The van der Waals surface area contributed by atoms with Gasteiger partial charge in [-0.25, -0.2) is 0 Å². The molecule has 0 radical (unpaired) electrons. The van der Waals surface area contributed by atoms with Crippen LogP contribution in [0.1, 0.15) is 56.1 Å². The Morgan fingerprint density at radius 3 is 2.75 bits per heavy atom. The van der Waals surface area contributed by atoms with Crippen molar-refractivity contribution in [3.63, 3.8) is 0 Å². The number of aromatic nitrogens is 1. The smallest absolute Gasteiger partial charge is 0.251 e. The van der Waals surface area contributed by atoms with Gasteiger partial charge in [0.25, 0.3) is 5.56 Å². The van der Waals surface area contributed by atoms with Crippen molar-refractivity contribution in [1.82, 2.24) is 4.98 Å². The van der Waals surface area contributed by atoms with Gasteiger partial charge in [0.2, 0.25) is 5.91 Å². The molecule has 2 aliphatic rings. The lowest BCUT2D eigenvalue weighted by Crippen LogP contribution is -2.14. The number of pyridine rings is 1. The van der Waals surface area contributed by atoms with Crippen molar-refractivity contribution in [1.29, 1.82) is 0 Å². The predicted octanol–water partition coefficient (Wildman–Crippen LogP) is 3.93. The zero-order valence-corrected chi connectivity index (χ0v) is 14.0. The number of amides is 1. The van der Waals surface area contributed by atoms with Crippen LogP contribution < -0.4 is 10.9 Å². The molecule has 0 spiro atoms. The molecule has 1 fully saturated rings. The van der Waals surface area contributed by atoms with Crippen molar-refractivity contribution in [2.75, 3.05) is 5.32 Å². The monoisotopic (exact) mass is 324 g/mol. The number of rotatable bonds is 4. The topological polar surface area (TPSA) is 62.0 Å². The molecule has 4 rings (SSSR count). The van der Waals surface area contributed by atoms with Crippen molar-refractivity contribution < 1.29 is 4.79 Å². The Morgan fingerprint density at radius 2 is 1.92 bits per heavy atom. The second kappa shape index (κ2) is 6.42. The molecule has 0 aliphatic heterocycles. The Bertz CT molecular complexity index is 831. The van der Waals surface area contributed by atoms with Crippen LogP contribution in [0.4, 0.5) is 5.69 Å². The van der Waals surface area contributed by atoms with Gasteiger partial charge in [-0.1, -0.05) is 31.7 Å². The Kier molecular flexibility index (Phi) is 4.13. The molecule has 1 heterocycles. The molecule has 2 aliphatic carbocycles. The summed E-state index contributed by atoms with van der Waals surface area (Å²) in [6.45, 7) is 0. The Balaban J connectivity index is 1.49. The summed E-state index contributed by atoms with van der Waals surface area (Å²) in [6.07, 6.45) is 9.65. The number of hydrogen-bond acceptors (Lipinski definition) is 2. The van der Waals surface area contributed by atoms with Gasteiger partial charge in [0.15, 0.2) is 0 Å². The normalized spacial score (nSPS) is 17.3. The summed E-state index contributed by atoms with van der Waals surface area (Å²) in [5, 5.41) is 4.10.